The minimum atomic E-state index is 0.129. The Hall–Kier alpha value is -1.55. The van der Waals surface area contributed by atoms with E-state index in [1.807, 2.05) is 6.92 Å². The van der Waals surface area contributed by atoms with Crippen LogP contribution in [-0.4, -0.2) is 26.8 Å². The number of carbonyl (C=O) groups excluding carboxylic acids is 1. The highest BCUT2D eigenvalue weighted by Gasteiger charge is 2.04. The molecule has 0 radical (unpaired) electrons. The zero-order valence-electron chi connectivity index (χ0n) is 8.86. The molecule has 82 valence electrons. The van der Waals surface area contributed by atoms with Crippen molar-refractivity contribution in [1.82, 2.24) is 0 Å². The summed E-state index contributed by atoms with van der Waals surface area (Å²) in [6.45, 7) is 2.57. The summed E-state index contributed by atoms with van der Waals surface area (Å²) in [6, 6.07) is 5.01. The van der Waals surface area contributed by atoms with E-state index >= 15 is 0 Å². The van der Waals surface area contributed by atoms with Crippen molar-refractivity contribution >= 4 is 6.29 Å². The quantitative estimate of drug-likeness (QED) is 0.408. The fraction of sp³-hybridized carbons (Fsp3) is 0.364. The lowest BCUT2D eigenvalue weighted by Crippen LogP contribution is -2.04. The molecule has 1 aromatic rings. The Balaban J connectivity index is 2.76. The van der Waals surface area contributed by atoms with E-state index in [-0.39, 0.29) is 6.79 Å². The van der Waals surface area contributed by atoms with Crippen molar-refractivity contribution in [2.24, 2.45) is 0 Å². The van der Waals surface area contributed by atoms with Gasteiger partial charge in [-0.15, -0.1) is 0 Å². The molecule has 0 atom stereocenters. The first-order chi connectivity index (χ1) is 7.31. The van der Waals surface area contributed by atoms with Gasteiger partial charge in [-0.05, 0) is 19.1 Å². The van der Waals surface area contributed by atoms with E-state index in [1.54, 1.807) is 25.3 Å². The van der Waals surface area contributed by atoms with Crippen molar-refractivity contribution in [3.8, 4) is 11.5 Å². The third-order valence-corrected chi connectivity index (χ3v) is 1.85. The van der Waals surface area contributed by atoms with Crippen LogP contribution in [0.1, 0.15) is 17.3 Å². The molecule has 0 aromatic heterocycles. The number of ether oxygens (including phenoxy) is 3. The molecule has 0 amide bonds. The van der Waals surface area contributed by atoms with Crippen molar-refractivity contribution < 1.29 is 19.0 Å². The van der Waals surface area contributed by atoms with Gasteiger partial charge in [0.15, 0.2) is 13.1 Å². The van der Waals surface area contributed by atoms with E-state index in [9.17, 15) is 4.79 Å². The molecule has 1 rings (SSSR count). The zero-order valence-corrected chi connectivity index (χ0v) is 8.86. The number of methoxy groups -OCH3 is 1. The molecule has 0 aliphatic rings. The van der Waals surface area contributed by atoms with E-state index in [1.165, 1.54) is 0 Å². The van der Waals surface area contributed by atoms with Gasteiger partial charge in [0.05, 0.1) is 12.7 Å². The molecule has 4 heteroatoms. The van der Waals surface area contributed by atoms with E-state index in [0.29, 0.717) is 23.7 Å². The minimum Gasteiger partial charge on any atom is -0.497 e. The van der Waals surface area contributed by atoms with Gasteiger partial charge in [0.1, 0.15) is 11.5 Å². The summed E-state index contributed by atoms with van der Waals surface area (Å²) < 4.78 is 15.3. The molecular formula is C11H14O4. The Kier molecular flexibility index (Phi) is 4.63. The number of benzene rings is 1. The van der Waals surface area contributed by atoms with E-state index < -0.39 is 0 Å². The van der Waals surface area contributed by atoms with Crippen molar-refractivity contribution in [2.45, 2.75) is 6.92 Å². The van der Waals surface area contributed by atoms with E-state index in [2.05, 4.69) is 0 Å². The first kappa shape index (κ1) is 11.5. The molecule has 0 spiro atoms. The molecule has 0 bridgehead atoms. The third kappa shape index (κ3) is 3.25. The first-order valence-electron chi connectivity index (χ1n) is 4.65. The van der Waals surface area contributed by atoms with Gasteiger partial charge in [0.2, 0.25) is 0 Å². The molecule has 15 heavy (non-hydrogen) atoms. The average molecular weight is 210 g/mol. The normalized spacial score (nSPS) is 9.73. The fourth-order valence-corrected chi connectivity index (χ4v) is 1.05. The van der Waals surface area contributed by atoms with Gasteiger partial charge in [0.25, 0.3) is 0 Å². The summed E-state index contributed by atoms with van der Waals surface area (Å²) in [4.78, 5) is 10.7. The van der Waals surface area contributed by atoms with Crippen LogP contribution in [0.15, 0.2) is 18.2 Å². The Morgan fingerprint density at radius 1 is 1.40 bits per heavy atom. The lowest BCUT2D eigenvalue weighted by Gasteiger charge is -2.09. The number of hydrogen-bond acceptors (Lipinski definition) is 4. The zero-order chi connectivity index (χ0) is 11.1. The number of aldehydes is 1. The molecule has 0 saturated carbocycles. The van der Waals surface area contributed by atoms with Crippen LogP contribution in [0.5, 0.6) is 11.5 Å². The third-order valence-electron chi connectivity index (χ3n) is 1.85. The predicted octanol–water partition coefficient (Wildman–Crippen LogP) is 1.88. The summed E-state index contributed by atoms with van der Waals surface area (Å²) in [5.41, 5.74) is 0.482. The van der Waals surface area contributed by atoms with Crippen LogP contribution in [0, 0.1) is 0 Å². The summed E-state index contributed by atoms with van der Waals surface area (Å²) in [5.74, 6) is 1.12. The molecule has 0 saturated heterocycles. The van der Waals surface area contributed by atoms with Crippen molar-refractivity contribution in [1.29, 1.82) is 0 Å². The van der Waals surface area contributed by atoms with Crippen LogP contribution in [-0.2, 0) is 4.74 Å². The highest BCUT2D eigenvalue weighted by Crippen LogP contribution is 2.23. The molecule has 4 nitrogen and oxygen atoms in total. The Labute approximate surface area is 88.8 Å². The monoisotopic (exact) mass is 210 g/mol. The van der Waals surface area contributed by atoms with Gasteiger partial charge in [-0.25, -0.2) is 0 Å². The Morgan fingerprint density at radius 2 is 2.20 bits per heavy atom. The second kappa shape index (κ2) is 6.03. The second-order valence-electron chi connectivity index (χ2n) is 2.78. The number of carbonyl (C=O) groups is 1. The molecule has 0 aliphatic carbocycles. The lowest BCUT2D eigenvalue weighted by atomic mass is 10.2. The van der Waals surface area contributed by atoms with Crippen molar-refractivity contribution in [3.63, 3.8) is 0 Å². The average Bonchev–Trinajstić information content (AvgIpc) is 2.29. The summed E-state index contributed by atoms with van der Waals surface area (Å²) in [5, 5.41) is 0. The standard InChI is InChI=1S/C11H14O4/c1-3-14-8-15-11-6-10(13-2)5-4-9(11)7-12/h4-7H,3,8H2,1-2H3. The van der Waals surface area contributed by atoms with Gasteiger partial charge in [-0.2, -0.15) is 0 Å². The van der Waals surface area contributed by atoms with Gasteiger partial charge in [0, 0.05) is 12.7 Å². The highest BCUT2D eigenvalue weighted by atomic mass is 16.7. The molecule has 0 fully saturated rings. The number of rotatable bonds is 6. The molecule has 0 heterocycles. The van der Waals surface area contributed by atoms with Gasteiger partial charge >= 0.3 is 0 Å². The molecule has 0 aliphatic heterocycles. The van der Waals surface area contributed by atoms with Crippen LogP contribution in [0.2, 0.25) is 0 Å². The summed E-state index contributed by atoms with van der Waals surface area (Å²) in [6.07, 6.45) is 0.737. The maximum absolute atomic E-state index is 10.7. The van der Waals surface area contributed by atoms with Gasteiger partial charge < -0.3 is 14.2 Å². The molecule has 1 aromatic carbocycles. The fourth-order valence-electron chi connectivity index (χ4n) is 1.05. The topological polar surface area (TPSA) is 44.8 Å². The molecule has 0 unspecified atom stereocenters. The highest BCUT2D eigenvalue weighted by molar-refractivity contribution is 5.79. The Morgan fingerprint density at radius 3 is 2.80 bits per heavy atom. The second-order valence-corrected chi connectivity index (χ2v) is 2.78. The minimum absolute atomic E-state index is 0.129. The van der Waals surface area contributed by atoms with Gasteiger partial charge in [-0.3, -0.25) is 4.79 Å². The number of hydrogen-bond donors (Lipinski definition) is 0. The lowest BCUT2D eigenvalue weighted by molar-refractivity contribution is 0.0219. The van der Waals surface area contributed by atoms with Crippen molar-refractivity contribution in [3.05, 3.63) is 23.8 Å². The molecular weight excluding hydrogens is 196 g/mol. The summed E-state index contributed by atoms with van der Waals surface area (Å²) >= 11 is 0. The predicted molar refractivity (Wildman–Crippen MR) is 55.5 cm³/mol. The Bertz CT molecular complexity index is 322. The van der Waals surface area contributed by atoms with E-state index in [0.717, 1.165) is 6.29 Å². The van der Waals surface area contributed by atoms with Crippen LogP contribution < -0.4 is 9.47 Å². The van der Waals surface area contributed by atoms with Gasteiger partial charge in [-0.1, -0.05) is 0 Å². The molecule has 0 N–H and O–H groups in total. The van der Waals surface area contributed by atoms with Crippen LogP contribution >= 0.6 is 0 Å². The van der Waals surface area contributed by atoms with Crippen LogP contribution in [0.25, 0.3) is 0 Å². The van der Waals surface area contributed by atoms with E-state index in [4.69, 9.17) is 14.2 Å². The summed E-state index contributed by atoms with van der Waals surface area (Å²) in [7, 11) is 1.56. The first-order valence-corrected chi connectivity index (χ1v) is 4.65. The largest absolute Gasteiger partial charge is 0.497 e. The van der Waals surface area contributed by atoms with Crippen LogP contribution in [0.3, 0.4) is 0 Å². The smallest absolute Gasteiger partial charge is 0.189 e. The van der Waals surface area contributed by atoms with Crippen molar-refractivity contribution in [2.75, 3.05) is 20.5 Å². The maximum Gasteiger partial charge on any atom is 0.189 e. The maximum atomic E-state index is 10.7. The van der Waals surface area contributed by atoms with Crippen LogP contribution in [0.4, 0.5) is 0 Å². The SMILES string of the molecule is CCOCOc1cc(OC)ccc1C=O.